The molecule has 1 N–H and O–H groups in total. The molecule has 2 heterocycles. The second kappa shape index (κ2) is 5.00. The number of ether oxygens (including phenoxy) is 1. The minimum Gasteiger partial charge on any atom is -0.464 e. The number of H-pyrrole nitrogens is 1. The number of hydrogen-bond acceptors (Lipinski definition) is 4. The second-order valence-corrected chi connectivity index (χ2v) is 4.96. The Morgan fingerprint density at radius 1 is 1.25 bits per heavy atom. The SMILES string of the molecule is COC(=O)c1cc(=O)c2cc(N3CCCC3)ccc2[nH]1. The van der Waals surface area contributed by atoms with E-state index in [4.69, 9.17) is 0 Å². The number of pyridine rings is 1. The van der Waals surface area contributed by atoms with Crippen molar-refractivity contribution in [1.82, 2.24) is 4.98 Å². The Hall–Kier alpha value is -2.30. The third kappa shape index (κ3) is 2.15. The molecular weight excluding hydrogens is 256 g/mol. The number of benzene rings is 1. The number of methoxy groups -OCH3 is 1. The van der Waals surface area contributed by atoms with Crippen LogP contribution in [0.5, 0.6) is 0 Å². The van der Waals surface area contributed by atoms with E-state index in [1.807, 2.05) is 18.2 Å². The number of nitrogens with zero attached hydrogens (tertiary/aromatic N) is 1. The van der Waals surface area contributed by atoms with Gasteiger partial charge in [0.1, 0.15) is 5.69 Å². The van der Waals surface area contributed by atoms with Gasteiger partial charge in [0.15, 0.2) is 5.43 Å². The van der Waals surface area contributed by atoms with E-state index >= 15 is 0 Å². The topological polar surface area (TPSA) is 62.4 Å². The van der Waals surface area contributed by atoms with Gasteiger partial charge in [-0.3, -0.25) is 4.79 Å². The monoisotopic (exact) mass is 272 g/mol. The zero-order valence-corrected chi connectivity index (χ0v) is 11.3. The van der Waals surface area contributed by atoms with Gasteiger partial charge >= 0.3 is 5.97 Å². The number of rotatable bonds is 2. The maximum atomic E-state index is 12.1. The number of fused-ring (bicyclic) bond motifs is 1. The zero-order valence-electron chi connectivity index (χ0n) is 11.3. The van der Waals surface area contributed by atoms with Crippen LogP contribution in [0.15, 0.2) is 29.1 Å². The molecule has 1 aliphatic rings. The maximum Gasteiger partial charge on any atom is 0.354 e. The number of esters is 1. The summed E-state index contributed by atoms with van der Waals surface area (Å²) in [5.74, 6) is -0.535. The molecule has 5 nitrogen and oxygen atoms in total. The van der Waals surface area contributed by atoms with E-state index in [-0.39, 0.29) is 11.1 Å². The Morgan fingerprint density at radius 2 is 2.00 bits per heavy atom. The first-order chi connectivity index (χ1) is 9.69. The van der Waals surface area contributed by atoms with Crippen molar-refractivity contribution < 1.29 is 9.53 Å². The van der Waals surface area contributed by atoms with E-state index < -0.39 is 5.97 Å². The normalized spacial score (nSPS) is 14.8. The second-order valence-electron chi connectivity index (χ2n) is 4.96. The van der Waals surface area contributed by atoms with Gasteiger partial charge in [-0.2, -0.15) is 0 Å². The number of aromatic nitrogens is 1. The van der Waals surface area contributed by atoms with Gasteiger partial charge < -0.3 is 14.6 Å². The molecule has 0 amide bonds. The Morgan fingerprint density at radius 3 is 2.70 bits per heavy atom. The molecule has 1 fully saturated rings. The summed E-state index contributed by atoms with van der Waals surface area (Å²) >= 11 is 0. The van der Waals surface area contributed by atoms with Gasteiger partial charge in [-0.15, -0.1) is 0 Å². The van der Waals surface area contributed by atoms with Gasteiger partial charge in [-0.25, -0.2) is 4.79 Å². The Bertz CT molecular complexity index is 715. The summed E-state index contributed by atoms with van der Waals surface area (Å²) < 4.78 is 4.63. The molecule has 1 aromatic carbocycles. The predicted molar refractivity (Wildman–Crippen MR) is 77.4 cm³/mol. The summed E-state index contributed by atoms with van der Waals surface area (Å²) in [6.07, 6.45) is 2.38. The van der Waals surface area contributed by atoms with Crippen molar-refractivity contribution in [1.29, 1.82) is 0 Å². The van der Waals surface area contributed by atoms with Crippen LogP contribution in [0.4, 0.5) is 5.69 Å². The average Bonchev–Trinajstić information content (AvgIpc) is 3.00. The Kier molecular flexibility index (Phi) is 3.18. The van der Waals surface area contributed by atoms with Gasteiger partial charge in [0.05, 0.1) is 12.6 Å². The third-order valence-electron chi connectivity index (χ3n) is 3.69. The summed E-state index contributed by atoms with van der Waals surface area (Å²) in [4.78, 5) is 28.8. The minimum atomic E-state index is -0.535. The molecule has 0 atom stereocenters. The molecule has 104 valence electrons. The van der Waals surface area contributed by atoms with Crippen LogP contribution < -0.4 is 10.3 Å². The molecule has 0 spiro atoms. The van der Waals surface area contributed by atoms with E-state index in [0.29, 0.717) is 10.9 Å². The fraction of sp³-hybridized carbons (Fsp3) is 0.333. The molecule has 3 rings (SSSR count). The first-order valence-electron chi connectivity index (χ1n) is 6.69. The first kappa shape index (κ1) is 12.7. The Labute approximate surface area is 116 Å². The molecule has 0 saturated carbocycles. The summed E-state index contributed by atoms with van der Waals surface area (Å²) in [7, 11) is 1.29. The van der Waals surface area contributed by atoms with E-state index in [1.165, 1.54) is 26.0 Å². The van der Waals surface area contributed by atoms with Crippen LogP contribution >= 0.6 is 0 Å². The molecule has 0 aliphatic carbocycles. The van der Waals surface area contributed by atoms with Crippen molar-refractivity contribution in [3.05, 3.63) is 40.2 Å². The summed E-state index contributed by atoms with van der Waals surface area (Å²) in [5.41, 5.74) is 1.73. The largest absolute Gasteiger partial charge is 0.464 e. The molecule has 0 radical (unpaired) electrons. The highest BCUT2D eigenvalue weighted by Gasteiger charge is 2.14. The number of hydrogen-bond donors (Lipinski definition) is 1. The third-order valence-corrected chi connectivity index (χ3v) is 3.69. The fourth-order valence-electron chi connectivity index (χ4n) is 2.63. The summed E-state index contributed by atoms with van der Waals surface area (Å²) in [5, 5.41) is 0.599. The van der Waals surface area contributed by atoms with Crippen molar-refractivity contribution >= 4 is 22.6 Å². The molecule has 20 heavy (non-hydrogen) atoms. The number of anilines is 1. The Balaban J connectivity index is 2.09. The van der Waals surface area contributed by atoms with E-state index in [0.717, 1.165) is 18.8 Å². The first-order valence-corrected chi connectivity index (χ1v) is 6.69. The molecule has 1 aliphatic heterocycles. The van der Waals surface area contributed by atoms with Gasteiger partial charge in [0.2, 0.25) is 0 Å². The smallest absolute Gasteiger partial charge is 0.354 e. The van der Waals surface area contributed by atoms with E-state index in [2.05, 4.69) is 14.6 Å². The van der Waals surface area contributed by atoms with Gasteiger partial charge in [-0.1, -0.05) is 0 Å². The fourth-order valence-corrected chi connectivity index (χ4v) is 2.63. The molecule has 1 aromatic heterocycles. The summed E-state index contributed by atoms with van der Waals surface area (Å²) in [6.45, 7) is 2.06. The highest BCUT2D eigenvalue weighted by Crippen LogP contribution is 2.23. The van der Waals surface area contributed by atoms with E-state index in [1.54, 1.807) is 0 Å². The molecular formula is C15H16N2O3. The van der Waals surface area contributed by atoms with Crippen LogP contribution in [0.1, 0.15) is 23.3 Å². The quantitative estimate of drug-likeness (QED) is 0.848. The minimum absolute atomic E-state index is 0.166. The number of carbonyl (C=O) groups is 1. The molecule has 1 saturated heterocycles. The van der Waals surface area contributed by atoms with Crippen LogP contribution in [0, 0.1) is 0 Å². The maximum absolute atomic E-state index is 12.1. The highest BCUT2D eigenvalue weighted by atomic mass is 16.5. The van der Waals surface area contributed by atoms with Crippen LogP contribution in [-0.2, 0) is 4.74 Å². The van der Waals surface area contributed by atoms with Crippen LogP contribution in [0.3, 0.4) is 0 Å². The van der Waals surface area contributed by atoms with Crippen molar-refractivity contribution in [3.63, 3.8) is 0 Å². The molecule has 0 bridgehead atoms. The van der Waals surface area contributed by atoms with Crippen LogP contribution in [0.25, 0.3) is 10.9 Å². The van der Waals surface area contributed by atoms with Gasteiger partial charge in [0, 0.05) is 30.2 Å². The average molecular weight is 272 g/mol. The van der Waals surface area contributed by atoms with Gasteiger partial charge in [-0.05, 0) is 31.0 Å². The van der Waals surface area contributed by atoms with E-state index in [9.17, 15) is 9.59 Å². The predicted octanol–water partition coefficient (Wildman–Crippen LogP) is 1.91. The lowest BCUT2D eigenvalue weighted by Gasteiger charge is -2.17. The molecule has 0 unspecified atom stereocenters. The number of carbonyl (C=O) groups excluding carboxylic acids is 1. The summed E-state index contributed by atoms with van der Waals surface area (Å²) in [6, 6.07) is 7.00. The molecule has 2 aromatic rings. The van der Waals surface area contributed by atoms with Crippen molar-refractivity contribution in [2.75, 3.05) is 25.1 Å². The number of nitrogens with one attached hydrogen (secondary N) is 1. The van der Waals surface area contributed by atoms with Crippen molar-refractivity contribution in [3.8, 4) is 0 Å². The molecule has 5 heteroatoms. The highest BCUT2D eigenvalue weighted by molar-refractivity contribution is 5.91. The lowest BCUT2D eigenvalue weighted by atomic mass is 10.1. The van der Waals surface area contributed by atoms with Crippen molar-refractivity contribution in [2.45, 2.75) is 12.8 Å². The number of aromatic amines is 1. The standard InChI is InChI=1S/C15H16N2O3/c1-20-15(19)13-9-14(18)11-8-10(4-5-12(11)16-13)17-6-2-3-7-17/h4-5,8-9H,2-3,6-7H2,1H3,(H,16,18). The van der Waals surface area contributed by atoms with Gasteiger partial charge in [0.25, 0.3) is 0 Å². The van der Waals surface area contributed by atoms with Crippen molar-refractivity contribution in [2.24, 2.45) is 0 Å². The van der Waals surface area contributed by atoms with Crippen LogP contribution in [-0.4, -0.2) is 31.2 Å². The van der Waals surface area contributed by atoms with Crippen LogP contribution in [0.2, 0.25) is 0 Å². The zero-order chi connectivity index (χ0) is 14.1. The lowest BCUT2D eigenvalue weighted by Crippen LogP contribution is -2.18. The lowest BCUT2D eigenvalue weighted by molar-refractivity contribution is 0.0594.